The number of aromatic nitrogens is 2. The summed E-state index contributed by atoms with van der Waals surface area (Å²) in [6.45, 7) is 3.80. The Labute approximate surface area is 124 Å². The van der Waals surface area contributed by atoms with Gasteiger partial charge >= 0.3 is 5.97 Å². The first-order valence-electron chi connectivity index (χ1n) is 5.96. The molecule has 0 aliphatic rings. The van der Waals surface area contributed by atoms with Crippen LogP contribution in [0, 0.1) is 13.8 Å². The van der Waals surface area contributed by atoms with Gasteiger partial charge in [-0.05, 0) is 37.6 Å². The van der Waals surface area contributed by atoms with Crippen LogP contribution in [0.1, 0.15) is 20.9 Å². The third kappa shape index (κ3) is 1.99. The van der Waals surface area contributed by atoms with Crippen LogP contribution in [-0.2, 0) is 0 Å². The van der Waals surface area contributed by atoms with Gasteiger partial charge in [0.1, 0.15) is 9.71 Å². The van der Waals surface area contributed by atoms with Gasteiger partial charge in [0, 0.05) is 10.4 Å². The quantitative estimate of drug-likeness (QED) is 0.777. The minimum atomic E-state index is -0.918. The molecule has 0 fully saturated rings. The molecule has 3 aromatic rings. The fourth-order valence-electron chi connectivity index (χ4n) is 2.04. The molecule has 0 radical (unpaired) electrons. The van der Waals surface area contributed by atoms with Crippen LogP contribution in [0.3, 0.4) is 0 Å². The molecule has 0 unspecified atom stereocenters. The van der Waals surface area contributed by atoms with Crippen LogP contribution < -0.4 is 0 Å². The van der Waals surface area contributed by atoms with Crippen molar-refractivity contribution in [1.82, 2.24) is 9.78 Å². The Morgan fingerprint density at radius 3 is 2.75 bits per heavy atom. The number of nitrogens with zero attached hydrogens (tertiary/aromatic N) is 2. The average molecular weight is 307 g/mol. The van der Waals surface area contributed by atoms with E-state index in [1.54, 1.807) is 10.7 Å². The second-order valence-electron chi connectivity index (χ2n) is 4.57. The van der Waals surface area contributed by atoms with E-state index >= 15 is 0 Å². The summed E-state index contributed by atoms with van der Waals surface area (Å²) in [5, 5.41) is 15.1. The summed E-state index contributed by atoms with van der Waals surface area (Å²) in [6, 6.07) is 7.35. The van der Waals surface area contributed by atoms with Gasteiger partial charge in [-0.1, -0.05) is 17.7 Å². The molecule has 0 amide bonds. The van der Waals surface area contributed by atoms with Gasteiger partial charge in [0.15, 0.2) is 0 Å². The van der Waals surface area contributed by atoms with Crippen LogP contribution in [0.25, 0.3) is 15.9 Å². The molecule has 0 saturated carbocycles. The number of hydrogen-bond acceptors (Lipinski definition) is 3. The molecule has 20 heavy (non-hydrogen) atoms. The lowest BCUT2D eigenvalue weighted by Crippen LogP contribution is -1.96. The molecule has 1 N–H and O–H groups in total. The number of aryl methyl sites for hydroxylation is 2. The number of aromatic carboxylic acids is 1. The first-order chi connectivity index (χ1) is 9.47. The maximum atomic E-state index is 11.1. The van der Waals surface area contributed by atoms with Gasteiger partial charge in [-0.15, -0.1) is 11.3 Å². The molecule has 2 aromatic heterocycles. The zero-order chi connectivity index (χ0) is 14.4. The Morgan fingerprint density at radius 1 is 1.35 bits per heavy atom. The van der Waals surface area contributed by atoms with Crippen molar-refractivity contribution in [2.45, 2.75) is 13.8 Å². The molecule has 0 bridgehead atoms. The highest BCUT2D eigenvalue weighted by Gasteiger charge is 2.16. The third-order valence-corrected chi connectivity index (χ3v) is 4.66. The number of hydrogen-bond donors (Lipinski definition) is 1. The summed E-state index contributed by atoms with van der Waals surface area (Å²) in [7, 11) is 0. The lowest BCUT2D eigenvalue weighted by molar-refractivity contribution is 0.0702. The number of rotatable bonds is 2. The lowest BCUT2D eigenvalue weighted by Gasteiger charge is -2.04. The number of halogens is 1. The van der Waals surface area contributed by atoms with Gasteiger partial charge in [-0.3, -0.25) is 0 Å². The van der Waals surface area contributed by atoms with E-state index in [1.807, 2.05) is 32.0 Å². The van der Waals surface area contributed by atoms with Crippen LogP contribution in [0.5, 0.6) is 0 Å². The normalized spacial score (nSPS) is 11.2. The maximum Gasteiger partial charge on any atom is 0.345 e. The Kier molecular flexibility index (Phi) is 3.03. The van der Waals surface area contributed by atoms with Crippen molar-refractivity contribution >= 4 is 39.1 Å². The van der Waals surface area contributed by atoms with E-state index in [0.29, 0.717) is 9.90 Å². The Hall–Kier alpha value is -1.85. The Balaban J connectivity index is 2.24. The minimum Gasteiger partial charge on any atom is -0.477 e. The SMILES string of the molecule is Cc1ccc(-n2nc(C)c3cc(C(=O)O)sc32)cc1Cl. The monoisotopic (exact) mass is 306 g/mol. The first-order valence-corrected chi connectivity index (χ1v) is 7.16. The van der Waals surface area contributed by atoms with Crippen LogP contribution in [0.4, 0.5) is 0 Å². The minimum absolute atomic E-state index is 0.312. The number of benzene rings is 1. The van der Waals surface area contributed by atoms with Gasteiger partial charge in [0.2, 0.25) is 0 Å². The molecular formula is C14H11ClN2O2S. The Bertz CT molecular complexity index is 835. The summed E-state index contributed by atoms with van der Waals surface area (Å²) in [5.74, 6) is -0.918. The van der Waals surface area contributed by atoms with E-state index in [4.69, 9.17) is 16.7 Å². The number of thiophene rings is 1. The highest BCUT2D eigenvalue weighted by Crippen LogP contribution is 2.31. The molecule has 4 nitrogen and oxygen atoms in total. The molecule has 0 saturated heterocycles. The first kappa shape index (κ1) is 13.1. The summed E-state index contributed by atoms with van der Waals surface area (Å²) in [6.07, 6.45) is 0. The smallest absolute Gasteiger partial charge is 0.345 e. The van der Waals surface area contributed by atoms with E-state index in [2.05, 4.69) is 5.10 Å². The predicted molar refractivity (Wildman–Crippen MR) is 80.4 cm³/mol. The van der Waals surface area contributed by atoms with Crippen LogP contribution in [-0.4, -0.2) is 20.9 Å². The fraction of sp³-hybridized carbons (Fsp3) is 0.143. The highest BCUT2D eigenvalue weighted by molar-refractivity contribution is 7.20. The fourth-order valence-corrected chi connectivity index (χ4v) is 3.24. The maximum absolute atomic E-state index is 11.1. The van der Waals surface area contributed by atoms with Crippen LogP contribution >= 0.6 is 22.9 Å². The zero-order valence-corrected chi connectivity index (χ0v) is 12.4. The van der Waals surface area contributed by atoms with Crippen molar-refractivity contribution in [1.29, 1.82) is 0 Å². The summed E-state index contributed by atoms with van der Waals surface area (Å²) in [4.78, 5) is 12.2. The van der Waals surface area contributed by atoms with Gasteiger partial charge < -0.3 is 5.11 Å². The molecule has 6 heteroatoms. The van der Waals surface area contributed by atoms with Crippen molar-refractivity contribution in [2.24, 2.45) is 0 Å². The van der Waals surface area contributed by atoms with Gasteiger partial charge in [0.25, 0.3) is 0 Å². The van der Waals surface area contributed by atoms with Crippen LogP contribution in [0.15, 0.2) is 24.3 Å². The van der Waals surface area contributed by atoms with E-state index in [0.717, 1.165) is 27.2 Å². The van der Waals surface area contributed by atoms with Crippen LogP contribution in [0.2, 0.25) is 5.02 Å². The largest absolute Gasteiger partial charge is 0.477 e. The topological polar surface area (TPSA) is 55.1 Å². The summed E-state index contributed by atoms with van der Waals surface area (Å²) in [5.41, 5.74) is 2.63. The predicted octanol–water partition coefficient (Wildman–Crippen LogP) is 4.06. The molecule has 1 aromatic carbocycles. The van der Waals surface area contributed by atoms with Crippen molar-refractivity contribution in [3.63, 3.8) is 0 Å². The lowest BCUT2D eigenvalue weighted by atomic mass is 10.2. The molecule has 2 heterocycles. The molecule has 0 spiro atoms. The van der Waals surface area contributed by atoms with Crippen molar-refractivity contribution < 1.29 is 9.90 Å². The van der Waals surface area contributed by atoms with Crippen molar-refractivity contribution in [3.8, 4) is 5.69 Å². The average Bonchev–Trinajstić information content (AvgIpc) is 2.94. The van der Waals surface area contributed by atoms with Gasteiger partial charge in [-0.2, -0.15) is 5.10 Å². The Morgan fingerprint density at radius 2 is 2.10 bits per heavy atom. The number of carboxylic acid groups (broad SMARTS) is 1. The molecule has 3 rings (SSSR count). The third-order valence-electron chi connectivity index (χ3n) is 3.16. The number of fused-ring (bicyclic) bond motifs is 1. The van der Waals surface area contributed by atoms with E-state index in [1.165, 1.54) is 11.3 Å². The van der Waals surface area contributed by atoms with E-state index < -0.39 is 5.97 Å². The molecule has 0 aliphatic heterocycles. The second kappa shape index (κ2) is 4.61. The zero-order valence-electron chi connectivity index (χ0n) is 10.8. The molecule has 0 atom stereocenters. The van der Waals surface area contributed by atoms with E-state index in [-0.39, 0.29) is 0 Å². The summed E-state index contributed by atoms with van der Waals surface area (Å²) >= 11 is 7.36. The second-order valence-corrected chi connectivity index (χ2v) is 6.00. The number of carboxylic acids is 1. The van der Waals surface area contributed by atoms with Crippen molar-refractivity contribution in [2.75, 3.05) is 0 Å². The highest BCUT2D eigenvalue weighted by atomic mass is 35.5. The molecule has 0 aliphatic carbocycles. The van der Waals surface area contributed by atoms with E-state index in [9.17, 15) is 4.79 Å². The number of carbonyl (C=O) groups is 1. The van der Waals surface area contributed by atoms with Gasteiger partial charge in [-0.25, -0.2) is 9.48 Å². The van der Waals surface area contributed by atoms with Crippen molar-refractivity contribution in [3.05, 3.63) is 45.4 Å². The standard InChI is InChI=1S/C14H11ClN2O2S/c1-7-3-4-9(5-11(7)15)17-13-10(8(2)16-17)6-12(20-13)14(18)19/h3-6H,1-2H3,(H,18,19). The molecular weight excluding hydrogens is 296 g/mol. The molecule has 102 valence electrons. The van der Waals surface area contributed by atoms with Gasteiger partial charge in [0.05, 0.1) is 11.4 Å². The summed E-state index contributed by atoms with van der Waals surface area (Å²) < 4.78 is 1.74.